The fourth-order valence-electron chi connectivity index (χ4n) is 5.49. The normalized spacial score (nSPS) is 21.3. The number of esters is 1. The van der Waals surface area contributed by atoms with E-state index in [2.05, 4.69) is 26.1 Å². The van der Waals surface area contributed by atoms with Crippen molar-refractivity contribution in [2.45, 2.75) is 57.9 Å². The van der Waals surface area contributed by atoms with Gasteiger partial charge in [0.05, 0.1) is 17.9 Å². The molecule has 2 aromatic rings. The maximum Gasteiger partial charge on any atom is 0.338 e. The summed E-state index contributed by atoms with van der Waals surface area (Å²) in [6.45, 7) is 6.90. The van der Waals surface area contributed by atoms with Gasteiger partial charge in [0, 0.05) is 24.7 Å². The average Bonchev–Trinajstić information content (AvgIpc) is 2.80. The molecule has 170 valence electrons. The molecule has 0 amide bonds. The SMILES string of the molecule is CCOC(=O)c1cccc(-c2ccc(N3CCC4(CC3)CCN(C3CCC3)CC4)nn2)c1. The Morgan fingerprint density at radius 1 is 1.03 bits per heavy atom. The quantitative estimate of drug-likeness (QED) is 0.643. The molecule has 0 atom stereocenters. The number of nitrogens with zero attached hydrogens (tertiary/aromatic N) is 4. The van der Waals surface area contributed by atoms with E-state index in [0.29, 0.717) is 17.6 Å². The zero-order chi connectivity index (χ0) is 22.0. The van der Waals surface area contributed by atoms with Crippen LogP contribution in [0.15, 0.2) is 36.4 Å². The van der Waals surface area contributed by atoms with Crippen LogP contribution >= 0.6 is 0 Å². The van der Waals surface area contributed by atoms with Crippen molar-refractivity contribution in [3.63, 3.8) is 0 Å². The lowest BCUT2D eigenvalue weighted by molar-refractivity contribution is 0.0305. The Morgan fingerprint density at radius 2 is 1.78 bits per heavy atom. The Labute approximate surface area is 191 Å². The summed E-state index contributed by atoms with van der Waals surface area (Å²) in [4.78, 5) is 17.2. The van der Waals surface area contributed by atoms with Crippen LogP contribution in [0.5, 0.6) is 0 Å². The van der Waals surface area contributed by atoms with Gasteiger partial charge < -0.3 is 14.5 Å². The molecule has 32 heavy (non-hydrogen) atoms. The van der Waals surface area contributed by atoms with Crippen molar-refractivity contribution in [2.24, 2.45) is 5.41 Å². The number of anilines is 1. The van der Waals surface area contributed by atoms with Crippen LogP contribution < -0.4 is 4.90 Å². The summed E-state index contributed by atoms with van der Waals surface area (Å²) in [6, 6.07) is 12.4. The highest BCUT2D eigenvalue weighted by molar-refractivity contribution is 5.90. The number of rotatable bonds is 5. The maximum atomic E-state index is 12.0. The van der Waals surface area contributed by atoms with Gasteiger partial charge in [-0.2, -0.15) is 0 Å². The third kappa shape index (κ3) is 4.38. The fraction of sp³-hybridized carbons (Fsp3) is 0.577. The molecule has 5 rings (SSSR count). The topological polar surface area (TPSA) is 58.6 Å². The summed E-state index contributed by atoms with van der Waals surface area (Å²) in [5, 5.41) is 9.00. The molecule has 2 aliphatic heterocycles. The lowest BCUT2D eigenvalue weighted by atomic mass is 9.70. The summed E-state index contributed by atoms with van der Waals surface area (Å²) in [6.07, 6.45) is 9.51. The molecular weight excluding hydrogens is 400 g/mol. The third-order valence-corrected chi connectivity index (χ3v) is 7.92. The molecular formula is C26H34N4O2. The van der Waals surface area contributed by atoms with Gasteiger partial charge in [-0.1, -0.05) is 18.6 Å². The van der Waals surface area contributed by atoms with E-state index in [1.807, 2.05) is 31.2 Å². The van der Waals surface area contributed by atoms with Crippen LogP contribution in [-0.4, -0.2) is 59.9 Å². The van der Waals surface area contributed by atoms with Crippen molar-refractivity contribution in [2.75, 3.05) is 37.7 Å². The number of hydrogen-bond donors (Lipinski definition) is 0. The minimum atomic E-state index is -0.306. The highest BCUT2D eigenvalue weighted by atomic mass is 16.5. The Balaban J connectivity index is 1.19. The van der Waals surface area contributed by atoms with Crippen LogP contribution in [-0.2, 0) is 4.74 Å². The average molecular weight is 435 g/mol. The van der Waals surface area contributed by atoms with Crippen molar-refractivity contribution in [3.8, 4) is 11.3 Å². The van der Waals surface area contributed by atoms with Crippen molar-refractivity contribution in [1.82, 2.24) is 15.1 Å². The predicted octanol–water partition coefficient (Wildman–Crippen LogP) is 4.56. The number of piperidine rings is 2. The highest BCUT2D eigenvalue weighted by Gasteiger charge is 2.39. The Hall–Kier alpha value is -2.47. The molecule has 6 heteroatoms. The summed E-state index contributed by atoms with van der Waals surface area (Å²) in [5.74, 6) is 0.650. The number of ether oxygens (including phenoxy) is 1. The number of likely N-dealkylation sites (tertiary alicyclic amines) is 1. The summed E-state index contributed by atoms with van der Waals surface area (Å²) < 4.78 is 5.11. The molecule has 3 aliphatic rings. The van der Waals surface area contributed by atoms with Gasteiger partial charge in [0.15, 0.2) is 5.82 Å². The van der Waals surface area contributed by atoms with Crippen molar-refractivity contribution < 1.29 is 9.53 Å². The molecule has 0 N–H and O–H groups in total. The highest BCUT2D eigenvalue weighted by Crippen LogP contribution is 2.43. The van der Waals surface area contributed by atoms with E-state index in [4.69, 9.17) is 4.74 Å². The molecule has 3 fully saturated rings. The molecule has 1 saturated carbocycles. The van der Waals surface area contributed by atoms with Gasteiger partial charge in [-0.15, -0.1) is 10.2 Å². The van der Waals surface area contributed by atoms with E-state index in [9.17, 15) is 4.79 Å². The lowest BCUT2D eigenvalue weighted by Gasteiger charge is -2.50. The lowest BCUT2D eigenvalue weighted by Crippen LogP contribution is -2.51. The minimum absolute atomic E-state index is 0.306. The van der Waals surface area contributed by atoms with Gasteiger partial charge in [-0.25, -0.2) is 4.79 Å². The largest absolute Gasteiger partial charge is 0.462 e. The van der Waals surface area contributed by atoms with E-state index < -0.39 is 0 Å². The van der Waals surface area contributed by atoms with Gasteiger partial charge >= 0.3 is 5.97 Å². The molecule has 1 aliphatic carbocycles. The smallest absolute Gasteiger partial charge is 0.338 e. The van der Waals surface area contributed by atoms with Crippen molar-refractivity contribution in [3.05, 3.63) is 42.0 Å². The zero-order valence-corrected chi connectivity index (χ0v) is 19.1. The second-order valence-corrected chi connectivity index (χ2v) is 9.69. The van der Waals surface area contributed by atoms with E-state index in [1.165, 1.54) is 58.0 Å². The van der Waals surface area contributed by atoms with Crippen LogP contribution in [0, 0.1) is 5.41 Å². The standard InChI is InChI=1S/C26H34N4O2/c1-2-32-25(31)21-6-3-5-20(19-21)23-9-10-24(28-27-23)30-17-13-26(14-18-30)11-15-29(16-12-26)22-7-4-8-22/h3,5-6,9-10,19,22H,2,4,7-8,11-18H2,1H3. The van der Waals surface area contributed by atoms with Crippen molar-refractivity contribution >= 4 is 11.8 Å². The van der Waals surface area contributed by atoms with Gasteiger partial charge in [0.25, 0.3) is 0 Å². The first kappa shape index (κ1) is 21.4. The first-order valence-corrected chi connectivity index (χ1v) is 12.3. The summed E-state index contributed by atoms with van der Waals surface area (Å²) in [7, 11) is 0. The van der Waals surface area contributed by atoms with Crippen LogP contribution in [0.3, 0.4) is 0 Å². The molecule has 0 unspecified atom stereocenters. The number of aromatic nitrogens is 2. The number of carbonyl (C=O) groups is 1. The minimum Gasteiger partial charge on any atom is -0.462 e. The number of benzene rings is 1. The van der Waals surface area contributed by atoms with E-state index >= 15 is 0 Å². The van der Waals surface area contributed by atoms with Gasteiger partial charge in [-0.3, -0.25) is 0 Å². The Bertz CT molecular complexity index is 923. The predicted molar refractivity (Wildman–Crippen MR) is 126 cm³/mol. The third-order valence-electron chi connectivity index (χ3n) is 7.92. The van der Waals surface area contributed by atoms with Crippen molar-refractivity contribution in [1.29, 1.82) is 0 Å². The molecule has 0 bridgehead atoms. The number of hydrogen-bond acceptors (Lipinski definition) is 6. The molecule has 1 spiro atoms. The van der Waals surface area contributed by atoms with Crippen LogP contribution in [0.1, 0.15) is 62.2 Å². The van der Waals surface area contributed by atoms with E-state index in [1.54, 1.807) is 6.07 Å². The molecule has 6 nitrogen and oxygen atoms in total. The van der Waals surface area contributed by atoms with Crippen LogP contribution in [0.4, 0.5) is 5.82 Å². The molecule has 2 saturated heterocycles. The number of carbonyl (C=O) groups excluding carboxylic acids is 1. The Kier molecular flexibility index (Phi) is 6.13. The Morgan fingerprint density at radius 3 is 2.41 bits per heavy atom. The van der Waals surface area contributed by atoms with Gasteiger partial charge in [0.1, 0.15) is 0 Å². The van der Waals surface area contributed by atoms with E-state index in [0.717, 1.165) is 36.2 Å². The van der Waals surface area contributed by atoms with Crippen LogP contribution in [0.25, 0.3) is 11.3 Å². The van der Waals surface area contributed by atoms with Gasteiger partial charge in [-0.05, 0) is 88.2 Å². The van der Waals surface area contributed by atoms with E-state index in [-0.39, 0.29) is 5.97 Å². The second-order valence-electron chi connectivity index (χ2n) is 9.69. The molecule has 1 aromatic heterocycles. The monoisotopic (exact) mass is 434 g/mol. The second kappa shape index (κ2) is 9.18. The zero-order valence-electron chi connectivity index (χ0n) is 19.1. The first-order valence-electron chi connectivity index (χ1n) is 12.3. The molecule has 1 aromatic carbocycles. The summed E-state index contributed by atoms with van der Waals surface area (Å²) >= 11 is 0. The van der Waals surface area contributed by atoms with Gasteiger partial charge in [0.2, 0.25) is 0 Å². The van der Waals surface area contributed by atoms with Crippen LogP contribution in [0.2, 0.25) is 0 Å². The maximum absolute atomic E-state index is 12.0. The molecule has 3 heterocycles. The molecule has 0 radical (unpaired) electrons. The fourth-order valence-corrected chi connectivity index (χ4v) is 5.49. The summed E-state index contributed by atoms with van der Waals surface area (Å²) in [5.41, 5.74) is 2.74. The first-order chi connectivity index (χ1) is 15.7.